The van der Waals surface area contributed by atoms with E-state index in [-0.39, 0.29) is 11.6 Å². The predicted octanol–water partition coefficient (Wildman–Crippen LogP) is 4.72. The Morgan fingerprint density at radius 3 is 2.48 bits per heavy atom. The quantitative estimate of drug-likeness (QED) is 0.512. The third kappa shape index (κ3) is 3.08. The van der Waals surface area contributed by atoms with Gasteiger partial charge in [0.25, 0.3) is 11.6 Å². The maximum absolute atomic E-state index is 13.0. The summed E-state index contributed by atoms with van der Waals surface area (Å²) in [6.45, 7) is 4.06. The zero-order valence-electron chi connectivity index (χ0n) is 14.1. The Labute approximate surface area is 145 Å². The van der Waals surface area contributed by atoms with Crippen LogP contribution in [0.5, 0.6) is 0 Å². The van der Waals surface area contributed by atoms with Crippen LogP contribution in [0.25, 0.3) is 10.8 Å². The second-order valence-corrected chi connectivity index (χ2v) is 5.81. The highest BCUT2D eigenvalue weighted by Crippen LogP contribution is 2.28. The van der Waals surface area contributed by atoms with Crippen molar-refractivity contribution in [2.45, 2.75) is 13.8 Å². The molecule has 3 aromatic rings. The first-order chi connectivity index (χ1) is 12.0. The largest absolute Gasteiger partial charge is 0.308 e. The number of nitrogens with zero attached hydrogens (tertiary/aromatic N) is 2. The van der Waals surface area contributed by atoms with Gasteiger partial charge in [0, 0.05) is 29.1 Å². The molecule has 0 aliphatic rings. The highest BCUT2D eigenvalue weighted by atomic mass is 16.6. The van der Waals surface area contributed by atoms with Crippen molar-refractivity contribution in [3.8, 4) is 0 Å². The molecule has 3 aromatic carbocycles. The van der Waals surface area contributed by atoms with Gasteiger partial charge in [0.15, 0.2) is 0 Å². The normalized spacial score (nSPS) is 10.6. The first-order valence-electron chi connectivity index (χ1n) is 8.07. The number of anilines is 1. The van der Waals surface area contributed by atoms with Gasteiger partial charge >= 0.3 is 0 Å². The van der Waals surface area contributed by atoms with Gasteiger partial charge in [0.2, 0.25) is 0 Å². The Morgan fingerprint density at radius 1 is 1.08 bits per heavy atom. The van der Waals surface area contributed by atoms with Gasteiger partial charge in [-0.1, -0.05) is 36.4 Å². The van der Waals surface area contributed by atoms with Crippen molar-refractivity contribution in [1.29, 1.82) is 0 Å². The van der Waals surface area contributed by atoms with E-state index < -0.39 is 4.92 Å². The van der Waals surface area contributed by atoms with E-state index in [9.17, 15) is 14.9 Å². The first-order valence-corrected chi connectivity index (χ1v) is 8.07. The molecule has 0 heterocycles. The van der Waals surface area contributed by atoms with Crippen LogP contribution in [0.2, 0.25) is 0 Å². The second kappa shape index (κ2) is 6.73. The molecule has 0 aliphatic carbocycles. The Morgan fingerprint density at radius 2 is 1.80 bits per heavy atom. The lowest BCUT2D eigenvalue weighted by Crippen LogP contribution is -2.30. The third-order valence-corrected chi connectivity index (χ3v) is 4.26. The van der Waals surface area contributed by atoms with Crippen molar-refractivity contribution in [3.05, 3.63) is 81.9 Å². The van der Waals surface area contributed by atoms with Gasteiger partial charge in [-0.15, -0.1) is 0 Å². The van der Waals surface area contributed by atoms with Crippen molar-refractivity contribution in [1.82, 2.24) is 0 Å². The lowest BCUT2D eigenvalue weighted by atomic mass is 10.1. The monoisotopic (exact) mass is 334 g/mol. The summed E-state index contributed by atoms with van der Waals surface area (Å²) in [4.78, 5) is 25.2. The smallest absolute Gasteiger partial charge is 0.272 e. The van der Waals surface area contributed by atoms with Crippen molar-refractivity contribution in [2.75, 3.05) is 11.4 Å². The van der Waals surface area contributed by atoms with Gasteiger partial charge in [-0.25, -0.2) is 0 Å². The van der Waals surface area contributed by atoms with E-state index in [4.69, 9.17) is 0 Å². The fraction of sp³-hybridized carbons (Fsp3) is 0.150. The van der Waals surface area contributed by atoms with Gasteiger partial charge in [-0.3, -0.25) is 14.9 Å². The predicted molar refractivity (Wildman–Crippen MR) is 99.1 cm³/mol. The number of hydrogen-bond donors (Lipinski definition) is 0. The molecular formula is C20H18N2O3. The Bertz CT molecular complexity index is 961. The molecule has 0 saturated heterocycles. The minimum absolute atomic E-state index is 0.0183. The van der Waals surface area contributed by atoms with Gasteiger partial charge in [-0.05, 0) is 37.4 Å². The van der Waals surface area contributed by atoms with Crippen LogP contribution in [0, 0.1) is 17.0 Å². The van der Waals surface area contributed by atoms with Crippen molar-refractivity contribution in [3.63, 3.8) is 0 Å². The fourth-order valence-electron chi connectivity index (χ4n) is 3.02. The molecule has 0 radical (unpaired) electrons. The minimum atomic E-state index is -0.439. The number of nitro groups is 1. The van der Waals surface area contributed by atoms with Crippen LogP contribution in [0.15, 0.2) is 60.7 Å². The lowest BCUT2D eigenvalue weighted by Gasteiger charge is -2.23. The van der Waals surface area contributed by atoms with Gasteiger partial charge in [0.1, 0.15) is 0 Å². The van der Waals surface area contributed by atoms with Gasteiger partial charge < -0.3 is 4.90 Å². The molecule has 0 saturated carbocycles. The number of nitro benzene ring substituents is 1. The lowest BCUT2D eigenvalue weighted by molar-refractivity contribution is -0.385. The van der Waals surface area contributed by atoms with Crippen LogP contribution in [-0.2, 0) is 0 Å². The molecule has 5 heteroatoms. The fourth-order valence-corrected chi connectivity index (χ4v) is 3.02. The number of amides is 1. The number of carbonyl (C=O) groups is 1. The van der Waals surface area contributed by atoms with E-state index in [2.05, 4.69) is 0 Å². The molecule has 0 aliphatic heterocycles. The number of benzene rings is 3. The van der Waals surface area contributed by atoms with Crippen LogP contribution in [0.3, 0.4) is 0 Å². The van der Waals surface area contributed by atoms with Crippen molar-refractivity contribution >= 4 is 28.1 Å². The number of fused-ring (bicyclic) bond motifs is 1. The summed E-state index contributed by atoms with van der Waals surface area (Å²) in [5, 5.41) is 13.0. The molecule has 3 rings (SSSR count). The van der Waals surface area contributed by atoms with Gasteiger partial charge in [0.05, 0.1) is 10.6 Å². The summed E-state index contributed by atoms with van der Waals surface area (Å²) in [6, 6.07) is 18.2. The van der Waals surface area contributed by atoms with Gasteiger partial charge in [-0.2, -0.15) is 0 Å². The number of hydrogen-bond acceptors (Lipinski definition) is 3. The molecule has 126 valence electrons. The molecule has 0 atom stereocenters. The maximum Gasteiger partial charge on any atom is 0.272 e. The van der Waals surface area contributed by atoms with Crippen LogP contribution >= 0.6 is 0 Å². The number of aryl methyl sites for hydroxylation is 1. The van der Waals surface area contributed by atoms with E-state index in [1.807, 2.05) is 49.4 Å². The zero-order chi connectivity index (χ0) is 18.0. The molecule has 0 unspecified atom stereocenters. The summed E-state index contributed by atoms with van der Waals surface area (Å²) in [6.07, 6.45) is 0. The van der Waals surface area contributed by atoms with E-state index in [1.165, 1.54) is 12.1 Å². The molecule has 0 spiro atoms. The summed E-state index contributed by atoms with van der Waals surface area (Å²) in [5.74, 6) is -0.170. The van der Waals surface area contributed by atoms with E-state index in [1.54, 1.807) is 17.9 Å². The SMILES string of the molecule is CCN(C(=O)c1ccc([N+](=O)[O-])c(C)c1)c1cccc2ccccc12. The average molecular weight is 334 g/mol. The van der Waals surface area contributed by atoms with E-state index in [0.29, 0.717) is 17.7 Å². The van der Waals surface area contributed by atoms with E-state index in [0.717, 1.165) is 16.5 Å². The number of rotatable bonds is 4. The minimum Gasteiger partial charge on any atom is -0.308 e. The Hall–Kier alpha value is -3.21. The summed E-state index contributed by atoms with van der Waals surface area (Å²) < 4.78 is 0. The molecule has 0 bridgehead atoms. The van der Waals surface area contributed by atoms with Crippen molar-refractivity contribution in [2.24, 2.45) is 0 Å². The summed E-state index contributed by atoms with van der Waals surface area (Å²) in [5.41, 5.74) is 1.77. The molecule has 25 heavy (non-hydrogen) atoms. The zero-order valence-corrected chi connectivity index (χ0v) is 14.1. The summed E-state index contributed by atoms with van der Waals surface area (Å²) in [7, 11) is 0. The van der Waals surface area contributed by atoms with Crippen LogP contribution in [0.4, 0.5) is 11.4 Å². The Kier molecular flexibility index (Phi) is 4.48. The summed E-state index contributed by atoms with van der Waals surface area (Å²) >= 11 is 0. The topological polar surface area (TPSA) is 63.5 Å². The first kappa shape index (κ1) is 16.6. The molecule has 1 amide bonds. The number of carbonyl (C=O) groups excluding carboxylic acids is 1. The Balaban J connectivity index is 2.05. The van der Waals surface area contributed by atoms with Crippen LogP contribution in [-0.4, -0.2) is 17.4 Å². The highest BCUT2D eigenvalue weighted by Gasteiger charge is 2.20. The molecule has 0 fully saturated rings. The standard InChI is InChI=1S/C20H18N2O3/c1-3-21(19-10-6-8-15-7-4-5-9-17(15)19)20(23)16-11-12-18(22(24)25)14(2)13-16/h4-13H,3H2,1-2H3. The highest BCUT2D eigenvalue weighted by molar-refractivity contribution is 6.10. The van der Waals surface area contributed by atoms with Crippen LogP contribution in [0.1, 0.15) is 22.8 Å². The van der Waals surface area contributed by atoms with E-state index >= 15 is 0 Å². The van der Waals surface area contributed by atoms with Crippen LogP contribution < -0.4 is 4.90 Å². The molecule has 5 nitrogen and oxygen atoms in total. The molecule has 0 aromatic heterocycles. The molecule has 0 N–H and O–H groups in total. The molecular weight excluding hydrogens is 316 g/mol. The maximum atomic E-state index is 13.0. The average Bonchev–Trinajstić information content (AvgIpc) is 2.62. The van der Waals surface area contributed by atoms with Crippen molar-refractivity contribution < 1.29 is 9.72 Å². The third-order valence-electron chi connectivity index (χ3n) is 4.26. The second-order valence-electron chi connectivity index (χ2n) is 5.81.